The summed E-state index contributed by atoms with van der Waals surface area (Å²) in [6.07, 6.45) is 1.15. The van der Waals surface area contributed by atoms with Crippen molar-refractivity contribution in [2.45, 2.75) is 33.1 Å². The number of aromatic nitrogens is 2. The zero-order valence-corrected chi connectivity index (χ0v) is 7.40. The molecule has 0 radical (unpaired) electrons. The molecule has 0 fully saturated rings. The lowest BCUT2D eigenvalue weighted by molar-refractivity contribution is 0.714. The normalized spacial score (nSPS) is 13.5. The van der Waals surface area contributed by atoms with E-state index in [1.807, 2.05) is 6.92 Å². The van der Waals surface area contributed by atoms with Crippen molar-refractivity contribution in [3.8, 4) is 0 Å². The highest BCUT2D eigenvalue weighted by Gasteiger charge is 2.06. The second-order valence-electron chi connectivity index (χ2n) is 2.47. The average Bonchev–Trinajstić information content (AvgIpc) is 2.34. The molecule has 2 nitrogen and oxygen atoms in total. The van der Waals surface area contributed by atoms with Gasteiger partial charge in [-0.15, -0.1) is 21.5 Å². The molecule has 0 saturated heterocycles. The quantitative estimate of drug-likeness (QED) is 0.657. The van der Waals surface area contributed by atoms with E-state index in [4.69, 9.17) is 0 Å². The van der Waals surface area contributed by atoms with Crippen molar-refractivity contribution in [2.75, 3.05) is 0 Å². The summed E-state index contributed by atoms with van der Waals surface area (Å²) in [6, 6.07) is 0. The maximum Gasteiger partial charge on any atom is 0.120 e. The average molecular weight is 156 g/mol. The molecule has 0 bridgehead atoms. The smallest absolute Gasteiger partial charge is 0.120 e. The van der Waals surface area contributed by atoms with Gasteiger partial charge in [0.05, 0.1) is 0 Å². The molecule has 1 aromatic rings. The summed E-state index contributed by atoms with van der Waals surface area (Å²) in [5.41, 5.74) is 0. The molecule has 1 heterocycles. The lowest BCUT2D eigenvalue weighted by Gasteiger charge is -1.99. The highest BCUT2D eigenvalue weighted by molar-refractivity contribution is 7.11. The van der Waals surface area contributed by atoms with Crippen LogP contribution < -0.4 is 0 Å². The van der Waals surface area contributed by atoms with Gasteiger partial charge in [-0.3, -0.25) is 0 Å². The van der Waals surface area contributed by atoms with Crippen molar-refractivity contribution in [2.24, 2.45) is 0 Å². The van der Waals surface area contributed by atoms with Crippen molar-refractivity contribution in [1.82, 2.24) is 10.2 Å². The Morgan fingerprint density at radius 1 is 1.50 bits per heavy atom. The summed E-state index contributed by atoms with van der Waals surface area (Å²) < 4.78 is 0. The van der Waals surface area contributed by atoms with Crippen LogP contribution in [-0.4, -0.2) is 10.2 Å². The van der Waals surface area contributed by atoms with Gasteiger partial charge in [0.1, 0.15) is 10.0 Å². The lowest BCUT2D eigenvalue weighted by atomic mass is 10.1. The largest absolute Gasteiger partial charge is 0.144 e. The summed E-state index contributed by atoms with van der Waals surface area (Å²) in [6.45, 7) is 6.34. The fraction of sp³-hybridized carbons (Fsp3) is 0.714. The molecule has 3 heteroatoms. The topological polar surface area (TPSA) is 25.8 Å². The van der Waals surface area contributed by atoms with Gasteiger partial charge in [-0.1, -0.05) is 13.8 Å². The predicted octanol–water partition coefficient (Wildman–Crippen LogP) is 2.36. The van der Waals surface area contributed by atoms with Crippen molar-refractivity contribution in [3.05, 3.63) is 10.0 Å². The van der Waals surface area contributed by atoms with E-state index in [-0.39, 0.29) is 0 Å². The van der Waals surface area contributed by atoms with Crippen LogP contribution in [0.3, 0.4) is 0 Å². The molecule has 1 rings (SSSR count). The van der Waals surface area contributed by atoms with Crippen LogP contribution in [0.25, 0.3) is 0 Å². The molecule has 0 aliphatic rings. The summed E-state index contributed by atoms with van der Waals surface area (Å²) >= 11 is 1.70. The number of rotatable bonds is 2. The highest BCUT2D eigenvalue weighted by Crippen LogP contribution is 2.21. The van der Waals surface area contributed by atoms with Crippen molar-refractivity contribution < 1.29 is 0 Å². The fourth-order valence-corrected chi connectivity index (χ4v) is 1.52. The molecular weight excluding hydrogens is 144 g/mol. The zero-order valence-electron chi connectivity index (χ0n) is 6.59. The summed E-state index contributed by atoms with van der Waals surface area (Å²) in [5.74, 6) is 0.575. The van der Waals surface area contributed by atoms with Gasteiger partial charge in [-0.05, 0) is 13.3 Å². The van der Waals surface area contributed by atoms with E-state index in [1.165, 1.54) is 5.01 Å². The summed E-state index contributed by atoms with van der Waals surface area (Å²) in [7, 11) is 0. The number of hydrogen-bond acceptors (Lipinski definition) is 3. The van der Waals surface area contributed by atoms with Gasteiger partial charge in [0.25, 0.3) is 0 Å². The van der Waals surface area contributed by atoms with Gasteiger partial charge in [0.2, 0.25) is 0 Å². The minimum Gasteiger partial charge on any atom is -0.144 e. The minimum absolute atomic E-state index is 0.575. The van der Waals surface area contributed by atoms with Crippen molar-refractivity contribution in [1.29, 1.82) is 0 Å². The van der Waals surface area contributed by atoms with Crippen molar-refractivity contribution >= 4 is 11.3 Å². The first-order valence-electron chi connectivity index (χ1n) is 3.54. The second kappa shape index (κ2) is 3.10. The van der Waals surface area contributed by atoms with Gasteiger partial charge >= 0.3 is 0 Å². The molecule has 0 amide bonds. The molecular formula is C7H12N2S. The molecule has 56 valence electrons. The van der Waals surface area contributed by atoms with Crippen LogP contribution in [-0.2, 0) is 0 Å². The third-order valence-corrected chi connectivity index (χ3v) is 2.65. The van der Waals surface area contributed by atoms with E-state index >= 15 is 0 Å². The van der Waals surface area contributed by atoms with Crippen LogP contribution >= 0.6 is 11.3 Å². The molecule has 0 N–H and O–H groups in total. The zero-order chi connectivity index (χ0) is 7.56. The molecule has 1 aromatic heterocycles. The van der Waals surface area contributed by atoms with Crippen LogP contribution in [0.15, 0.2) is 0 Å². The maximum absolute atomic E-state index is 4.06. The second-order valence-corrected chi connectivity index (χ2v) is 3.68. The van der Waals surface area contributed by atoms with Crippen LogP contribution in [0.5, 0.6) is 0 Å². The molecule has 1 atom stereocenters. The standard InChI is InChI=1S/C7H12N2S/c1-4-5(2)7-9-8-6(3)10-7/h5H,4H2,1-3H3. The third-order valence-electron chi connectivity index (χ3n) is 1.58. The molecule has 10 heavy (non-hydrogen) atoms. The van der Waals surface area contributed by atoms with Gasteiger partial charge in [0.15, 0.2) is 0 Å². The molecule has 0 spiro atoms. The summed E-state index contributed by atoms with van der Waals surface area (Å²) in [5, 5.41) is 10.2. The van der Waals surface area contributed by atoms with E-state index in [1.54, 1.807) is 11.3 Å². The van der Waals surface area contributed by atoms with Gasteiger partial charge in [-0.25, -0.2) is 0 Å². The van der Waals surface area contributed by atoms with Crippen LogP contribution in [0.2, 0.25) is 0 Å². The Hall–Kier alpha value is -0.440. The Bertz CT molecular complexity index is 207. The van der Waals surface area contributed by atoms with Crippen LogP contribution in [0, 0.1) is 6.92 Å². The third kappa shape index (κ3) is 1.53. The van der Waals surface area contributed by atoms with E-state index in [9.17, 15) is 0 Å². The SMILES string of the molecule is CCC(C)c1nnc(C)s1. The number of nitrogens with zero attached hydrogens (tertiary/aromatic N) is 2. The Morgan fingerprint density at radius 2 is 2.20 bits per heavy atom. The highest BCUT2D eigenvalue weighted by atomic mass is 32.1. The fourth-order valence-electron chi connectivity index (χ4n) is 0.686. The number of aryl methyl sites for hydroxylation is 1. The molecule has 0 aliphatic heterocycles. The first kappa shape index (κ1) is 7.66. The first-order valence-corrected chi connectivity index (χ1v) is 4.35. The molecule has 0 aromatic carbocycles. The van der Waals surface area contributed by atoms with E-state index in [0.29, 0.717) is 5.92 Å². The van der Waals surface area contributed by atoms with Gasteiger partial charge < -0.3 is 0 Å². The monoisotopic (exact) mass is 156 g/mol. The number of hydrogen-bond donors (Lipinski definition) is 0. The Labute approximate surface area is 65.3 Å². The van der Waals surface area contributed by atoms with Crippen LogP contribution in [0.4, 0.5) is 0 Å². The molecule has 0 saturated carbocycles. The van der Waals surface area contributed by atoms with Crippen LogP contribution in [0.1, 0.15) is 36.2 Å². The van der Waals surface area contributed by atoms with E-state index in [2.05, 4.69) is 24.0 Å². The van der Waals surface area contributed by atoms with Gasteiger partial charge in [0, 0.05) is 5.92 Å². The van der Waals surface area contributed by atoms with Crippen molar-refractivity contribution in [3.63, 3.8) is 0 Å². The van der Waals surface area contributed by atoms with E-state index < -0.39 is 0 Å². The first-order chi connectivity index (χ1) is 4.74. The Kier molecular flexibility index (Phi) is 2.38. The van der Waals surface area contributed by atoms with Gasteiger partial charge in [-0.2, -0.15) is 0 Å². The summed E-state index contributed by atoms with van der Waals surface area (Å²) in [4.78, 5) is 0. The Morgan fingerprint density at radius 3 is 2.60 bits per heavy atom. The molecule has 0 aliphatic carbocycles. The Balaban J connectivity index is 2.74. The van der Waals surface area contributed by atoms with E-state index in [0.717, 1.165) is 11.4 Å². The minimum atomic E-state index is 0.575. The maximum atomic E-state index is 4.06. The predicted molar refractivity (Wildman–Crippen MR) is 43.4 cm³/mol. The molecule has 1 unspecified atom stereocenters. The lowest BCUT2D eigenvalue weighted by Crippen LogP contribution is -1.88.